The molecule has 0 atom stereocenters. The van der Waals surface area contributed by atoms with Crippen LogP contribution in [0.2, 0.25) is 0 Å². The molecule has 0 N–H and O–H groups in total. The molecule has 0 unspecified atom stereocenters. The zero-order valence-electron chi connectivity index (χ0n) is 8.11. The van der Waals surface area contributed by atoms with Crippen molar-refractivity contribution >= 4 is 12.2 Å². The van der Waals surface area contributed by atoms with Crippen molar-refractivity contribution in [2.75, 3.05) is 6.61 Å². The Morgan fingerprint density at radius 2 is 2.29 bits per heavy atom. The lowest BCUT2D eigenvalue weighted by molar-refractivity contribution is 0.110. The van der Waals surface area contributed by atoms with Gasteiger partial charge in [-0.2, -0.15) is 0 Å². The van der Waals surface area contributed by atoms with Gasteiger partial charge in [0.1, 0.15) is 6.61 Å². The Morgan fingerprint density at radius 3 is 2.79 bits per heavy atom. The molecule has 2 heterocycles. The molecule has 0 radical (unpaired) electrons. The standard InChI is InChI=1S/C10H11NO3/c1-10(2)6-13-9(11-10)8-4-3-7(5-12)14-8/h3-5H,6H2,1-2H3. The van der Waals surface area contributed by atoms with Gasteiger partial charge >= 0.3 is 0 Å². The highest BCUT2D eigenvalue weighted by molar-refractivity contribution is 5.93. The molecule has 14 heavy (non-hydrogen) atoms. The van der Waals surface area contributed by atoms with Crippen LogP contribution in [0.1, 0.15) is 30.2 Å². The van der Waals surface area contributed by atoms with Gasteiger partial charge in [-0.25, -0.2) is 4.99 Å². The third kappa shape index (κ3) is 1.55. The minimum absolute atomic E-state index is 0.205. The molecule has 4 nitrogen and oxygen atoms in total. The molecule has 0 saturated carbocycles. The molecule has 0 saturated heterocycles. The van der Waals surface area contributed by atoms with E-state index in [9.17, 15) is 4.79 Å². The van der Waals surface area contributed by atoms with Crippen molar-refractivity contribution < 1.29 is 13.9 Å². The maximum absolute atomic E-state index is 10.4. The predicted molar refractivity (Wildman–Crippen MR) is 50.7 cm³/mol. The maximum atomic E-state index is 10.4. The van der Waals surface area contributed by atoms with Gasteiger partial charge in [0.2, 0.25) is 0 Å². The topological polar surface area (TPSA) is 51.8 Å². The SMILES string of the molecule is CC1(C)COC(c2ccc(C=O)o2)=N1. The summed E-state index contributed by atoms with van der Waals surface area (Å²) in [5.41, 5.74) is -0.205. The molecule has 4 heteroatoms. The first-order valence-electron chi connectivity index (χ1n) is 4.39. The zero-order valence-corrected chi connectivity index (χ0v) is 8.11. The van der Waals surface area contributed by atoms with E-state index in [1.54, 1.807) is 12.1 Å². The van der Waals surface area contributed by atoms with E-state index in [1.165, 1.54) is 0 Å². The molecule has 0 bridgehead atoms. The van der Waals surface area contributed by atoms with Crippen LogP contribution in [0.3, 0.4) is 0 Å². The summed E-state index contributed by atoms with van der Waals surface area (Å²) in [5, 5.41) is 0. The lowest BCUT2D eigenvalue weighted by Crippen LogP contribution is -2.17. The highest BCUT2D eigenvalue weighted by atomic mass is 16.5. The Hall–Kier alpha value is -1.58. The van der Waals surface area contributed by atoms with Gasteiger partial charge in [0.05, 0.1) is 5.54 Å². The smallest absolute Gasteiger partial charge is 0.253 e. The normalized spacial score (nSPS) is 18.9. The number of aldehydes is 1. The van der Waals surface area contributed by atoms with Crippen LogP contribution in [0.15, 0.2) is 21.5 Å². The summed E-state index contributed by atoms with van der Waals surface area (Å²) in [5.74, 6) is 1.27. The molecule has 0 spiro atoms. The minimum atomic E-state index is -0.205. The summed E-state index contributed by atoms with van der Waals surface area (Å²) in [7, 11) is 0. The van der Waals surface area contributed by atoms with Crippen LogP contribution >= 0.6 is 0 Å². The number of hydrogen-bond donors (Lipinski definition) is 0. The lowest BCUT2D eigenvalue weighted by Gasteiger charge is -2.07. The summed E-state index contributed by atoms with van der Waals surface area (Å²) in [4.78, 5) is 14.7. The second kappa shape index (κ2) is 2.97. The first-order chi connectivity index (χ1) is 6.61. The molecule has 2 rings (SSSR count). The Bertz CT molecular complexity index is 390. The first-order valence-corrected chi connectivity index (χ1v) is 4.39. The van der Waals surface area contributed by atoms with Crippen molar-refractivity contribution in [2.24, 2.45) is 4.99 Å². The third-order valence-corrected chi connectivity index (χ3v) is 1.92. The van der Waals surface area contributed by atoms with E-state index in [1.807, 2.05) is 13.8 Å². The molecule has 74 valence electrons. The van der Waals surface area contributed by atoms with Gasteiger partial charge in [-0.15, -0.1) is 0 Å². The van der Waals surface area contributed by atoms with Gasteiger partial charge in [0.25, 0.3) is 5.90 Å². The van der Waals surface area contributed by atoms with Crippen LogP contribution < -0.4 is 0 Å². The van der Waals surface area contributed by atoms with Crippen molar-refractivity contribution in [3.05, 3.63) is 23.7 Å². The van der Waals surface area contributed by atoms with E-state index in [-0.39, 0.29) is 11.3 Å². The first kappa shape index (κ1) is 8.99. The van der Waals surface area contributed by atoms with Gasteiger partial charge in [-0.05, 0) is 26.0 Å². The number of ether oxygens (including phenoxy) is 1. The van der Waals surface area contributed by atoms with E-state index >= 15 is 0 Å². The highest BCUT2D eigenvalue weighted by Gasteiger charge is 2.28. The molecule has 0 aromatic carbocycles. The van der Waals surface area contributed by atoms with Crippen LogP contribution in [0.5, 0.6) is 0 Å². The summed E-state index contributed by atoms with van der Waals surface area (Å²) in [6, 6.07) is 3.28. The molecule has 1 aromatic rings. The third-order valence-electron chi connectivity index (χ3n) is 1.92. The monoisotopic (exact) mass is 193 g/mol. The quantitative estimate of drug-likeness (QED) is 0.671. The van der Waals surface area contributed by atoms with Crippen LogP contribution in [0.25, 0.3) is 0 Å². The average Bonchev–Trinajstić information content (AvgIpc) is 2.70. The fourth-order valence-corrected chi connectivity index (χ4v) is 1.24. The second-order valence-corrected chi connectivity index (χ2v) is 3.84. The molecule has 1 aliphatic rings. The molecule has 0 amide bonds. The fourth-order valence-electron chi connectivity index (χ4n) is 1.24. The van der Waals surface area contributed by atoms with Gasteiger partial charge in [-0.1, -0.05) is 0 Å². The van der Waals surface area contributed by atoms with Crippen LogP contribution in [-0.4, -0.2) is 24.3 Å². The van der Waals surface area contributed by atoms with E-state index < -0.39 is 0 Å². The van der Waals surface area contributed by atoms with Crippen molar-refractivity contribution in [3.63, 3.8) is 0 Å². The van der Waals surface area contributed by atoms with Crippen molar-refractivity contribution in [2.45, 2.75) is 19.4 Å². The molecule has 0 fully saturated rings. The van der Waals surface area contributed by atoms with E-state index in [0.717, 1.165) is 0 Å². The van der Waals surface area contributed by atoms with E-state index in [2.05, 4.69) is 4.99 Å². The molecule has 1 aliphatic heterocycles. The summed E-state index contributed by atoms with van der Waals surface area (Å²) < 4.78 is 10.5. The molecular formula is C10H11NO3. The van der Waals surface area contributed by atoms with E-state index in [4.69, 9.17) is 9.15 Å². The number of rotatable bonds is 2. The summed E-state index contributed by atoms with van der Waals surface area (Å²) in [6.45, 7) is 4.49. The maximum Gasteiger partial charge on any atom is 0.253 e. The number of hydrogen-bond acceptors (Lipinski definition) is 4. The summed E-state index contributed by atoms with van der Waals surface area (Å²) in [6.07, 6.45) is 0.657. The van der Waals surface area contributed by atoms with Crippen molar-refractivity contribution in [1.29, 1.82) is 0 Å². The van der Waals surface area contributed by atoms with Gasteiger partial charge in [0.15, 0.2) is 17.8 Å². The predicted octanol–water partition coefficient (Wildman–Crippen LogP) is 1.65. The van der Waals surface area contributed by atoms with E-state index in [0.29, 0.717) is 24.6 Å². The Kier molecular flexibility index (Phi) is 1.91. The van der Waals surface area contributed by atoms with Crippen molar-refractivity contribution in [1.82, 2.24) is 0 Å². The number of aliphatic imine (C=N–C) groups is 1. The fraction of sp³-hybridized carbons (Fsp3) is 0.400. The van der Waals surface area contributed by atoms with Crippen molar-refractivity contribution in [3.8, 4) is 0 Å². The van der Waals surface area contributed by atoms with Gasteiger partial charge < -0.3 is 9.15 Å². The van der Waals surface area contributed by atoms with Crippen LogP contribution in [-0.2, 0) is 4.74 Å². The molecular weight excluding hydrogens is 182 g/mol. The number of carbonyl (C=O) groups excluding carboxylic acids is 1. The highest BCUT2D eigenvalue weighted by Crippen LogP contribution is 2.21. The largest absolute Gasteiger partial charge is 0.473 e. The average molecular weight is 193 g/mol. The van der Waals surface area contributed by atoms with Gasteiger partial charge in [0, 0.05) is 0 Å². The Labute approximate surface area is 81.6 Å². The minimum Gasteiger partial charge on any atom is -0.473 e. The second-order valence-electron chi connectivity index (χ2n) is 3.84. The number of nitrogens with zero attached hydrogens (tertiary/aromatic N) is 1. The number of carbonyl (C=O) groups is 1. The summed E-state index contributed by atoms with van der Waals surface area (Å²) >= 11 is 0. The molecule has 1 aromatic heterocycles. The lowest BCUT2D eigenvalue weighted by atomic mass is 10.1. The Balaban J connectivity index is 2.28. The number of furan rings is 1. The van der Waals surface area contributed by atoms with Crippen LogP contribution in [0, 0.1) is 0 Å². The Morgan fingerprint density at radius 1 is 1.50 bits per heavy atom. The zero-order chi connectivity index (χ0) is 10.2. The molecule has 0 aliphatic carbocycles. The van der Waals surface area contributed by atoms with Gasteiger partial charge in [-0.3, -0.25) is 4.79 Å². The van der Waals surface area contributed by atoms with Crippen LogP contribution in [0.4, 0.5) is 0 Å².